The average Bonchev–Trinajstić information content (AvgIpc) is 3.27. The van der Waals surface area contributed by atoms with Gasteiger partial charge in [0.25, 0.3) is 0 Å². The number of piperazine rings is 1. The van der Waals surface area contributed by atoms with E-state index in [1.165, 1.54) is 0 Å². The predicted molar refractivity (Wildman–Crippen MR) is 125 cm³/mol. The van der Waals surface area contributed by atoms with Gasteiger partial charge in [-0.1, -0.05) is 20.3 Å². The quantitative estimate of drug-likeness (QED) is 0.318. The van der Waals surface area contributed by atoms with Crippen LogP contribution in [0.15, 0.2) is 29.5 Å². The summed E-state index contributed by atoms with van der Waals surface area (Å²) in [6.45, 7) is 9.33. The number of carbonyl (C=O) groups excluding carboxylic acids is 2. The molecular formula is C23H40N6O2. The smallest absolute Gasteiger partial charge is 0.222 e. The summed E-state index contributed by atoms with van der Waals surface area (Å²) in [5.74, 6) is 1.62. The van der Waals surface area contributed by atoms with Crippen molar-refractivity contribution in [1.82, 2.24) is 25.0 Å². The third-order valence-electron chi connectivity index (χ3n) is 5.48. The van der Waals surface area contributed by atoms with Gasteiger partial charge < -0.3 is 25.0 Å². The SMILES string of the molecule is CN=C(NCCCCCC(=O)N1CCN(C(=O)CC(C)C)CC1)NCCn1cccc1. The largest absolute Gasteiger partial charge is 0.356 e. The molecule has 8 heteroatoms. The number of carbonyl (C=O) groups is 2. The number of nitrogens with zero attached hydrogens (tertiary/aromatic N) is 4. The Balaban J connectivity index is 1.50. The summed E-state index contributed by atoms with van der Waals surface area (Å²) in [6.07, 6.45) is 8.18. The first-order valence-electron chi connectivity index (χ1n) is 11.6. The molecule has 0 saturated carbocycles. The summed E-state index contributed by atoms with van der Waals surface area (Å²) in [5, 5.41) is 6.64. The Morgan fingerprint density at radius 1 is 0.903 bits per heavy atom. The van der Waals surface area contributed by atoms with Gasteiger partial charge in [-0.05, 0) is 30.9 Å². The minimum Gasteiger partial charge on any atom is -0.356 e. The third kappa shape index (κ3) is 9.44. The second kappa shape index (κ2) is 13.7. The van der Waals surface area contributed by atoms with Crippen molar-refractivity contribution in [3.8, 4) is 0 Å². The molecule has 0 aromatic carbocycles. The number of amides is 2. The van der Waals surface area contributed by atoms with Gasteiger partial charge in [-0.3, -0.25) is 14.6 Å². The number of nitrogens with one attached hydrogen (secondary N) is 2. The van der Waals surface area contributed by atoms with E-state index in [0.717, 1.165) is 44.9 Å². The van der Waals surface area contributed by atoms with Gasteiger partial charge in [-0.15, -0.1) is 0 Å². The molecule has 2 rings (SSSR count). The molecule has 1 saturated heterocycles. The topological polar surface area (TPSA) is 82.0 Å². The highest BCUT2D eigenvalue weighted by Crippen LogP contribution is 2.10. The molecule has 1 aliphatic rings. The van der Waals surface area contributed by atoms with E-state index in [1.807, 2.05) is 34.3 Å². The first-order chi connectivity index (χ1) is 15.0. The van der Waals surface area contributed by atoms with Gasteiger partial charge in [0.1, 0.15) is 0 Å². The molecule has 2 heterocycles. The van der Waals surface area contributed by atoms with Gasteiger partial charge >= 0.3 is 0 Å². The van der Waals surface area contributed by atoms with Crippen LogP contribution in [0.1, 0.15) is 46.0 Å². The van der Waals surface area contributed by atoms with Crippen LogP contribution in [-0.4, -0.2) is 78.5 Å². The maximum absolute atomic E-state index is 12.4. The van der Waals surface area contributed by atoms with Gasteiger partial charge in [0, 0.05) is 78.1 Å². The van der Waals surface area contributed by atoms with Crippen LogP contribution in [0, 0.1) is 5.92 Å². The van der Waals surface area contributed by atoms with E-state index < -0.39 is 0 Å². The summed E-state index contributed by atoms with van der Waals surface area (Å²) in [4.78, 5) is 32.6. The van der Waals surface area contributed by atoms with Crippen LogP contribution in [-0.2, 0) is 16.1 Å². The molecule has 1 fully saturated rings. The zero-order valence-electron chi connectivity index (χ0n) is 19.5. The van der Waals surface area contributed by atoms with Crippen molar-refractivity contribution in [1.29, 1.82) is 0 Å². The predicted octanol–water partition coefficient (Wildman–Crippen LogP) is 1.93. The standard InChI is InChI=1S/C23H40N6O2/c1-20(2)19-22(31)29-17-15-28(16-18-29)21(30)9-5-4-6-10-25-23(24-3)26-11-14-27-12-7-8-13-27/h7-8,12-13,20H,4-6,9-11,14-19H2,1-3H3,(H2,24,25,26). The minimum absolute atomic E-state index is 0.212. The lowest BCUT2D eigenvalue weighted by molar-refractivity contribution is -0.140. The Hall–Kier alpha value is -2.51. The minimum atomic E-state index is 0.212. The van der Waals surface area contributed by atoms with Crippen LogP contribution in [0.5, 0.6) is 0 Å². The molecule has 8 nitrogen and oxygen atoms in total. The summed E-state index contributed by atoms with van der Waals surface area (Å²) in [6, 6.07) is 4.04. The number of guanidine groups is 1. The van der Waals surface area contributed by atoms with Crippen LogP contribution >= 0.6 is 0 Å². The van der Waals surface area contributed by atoms with Crippen molar-refractivity contribution in [2.45, 2.75) is 52.5 Å². The van der Waals surface area contributed by atoms with Crippen molar-refractivity contribution in [2.24, 2.45) is 10.9 Å². The van der Waals surface area contributed by atoms with E-state index in [0.29, 0.717) is 44.9 Å². The van der Waals surface area contributed by atoms with Gasteiger partial charge in [0.2, 0.25) is 11.8 Å². The molecule has 0 unspecified atom stereocenters. The first-order valence-corrected chi connectivity index (χ1v) is 11.6. The molecule has 0 atom stereocenters. The van der Waals surface area contributed by atoms with Crippen molar-refractivity contribution in [3.63, 3.8) is 0 Å². The van der Waals surface area contributed by atoms with Gasteiger partial charge in [0.15, 0.2) is 5.96 Å². The molecule has 1 aliphatic heterocycles. The fraction of sp³-hybridized carbons (Fsp3) is 0.696. The maximum Gasteiger partial charge on any atom is 0.222 e. The lowest BCUT2D eigenvalue weighted by Gasteiger charge is -2.35. The molecule has 174 valence electrons. The Morgan fingerprint density at radius 3 is 2.13 bits per heavy atom. The number of aliphatic imine (C=N–C) groups is 1. The summed E-state index contributed by atoms with van der Waals surface area (Å²) >= 11 is 0. The maximum atomic E-state index is 12.4. The van der Waals surface area contributed by atoms with E-state index in [4.69, 9.17) is 0 Å². The normalized spacial score (nSPS) is 14.8. The first kappa shape index (κ1) is 24.8. The molecule has 1 aromatic heterocycles. The van der Waals surface area contributed by atoms with Gasteiger partial charge in [-0.25, -0.2) is 0 Å². The van der Waals surface area contributed by atoms with Crippen LogP contribution < -0.4 is 10.6 Å². The van der Waals surface area contributed by atoms with E-state index in [2.05, 4.69) is 34.0 Å². The molecule has 0 aliphatic carbocycles. The zero-order valence-corrected chi connectivity index (χ0v) is 19.5. The van der Waals surface area contributed by atoms with Crippen LogP contribution in [0.4, 0.5) is 0 Å². The highest BCUT2D eigenvalue weighted by Gasteiger charge is 2.23. The second-order valence-corrected chi connectivity index (χ2v) is 8.52. The fourth-order valence-electron chi connectivity index (χ4n) is 3.67. The third-order valence-corrected chi connectivity index (χ3v) is 5.48. The Morgan fingerprint density at radius 2 is 1.52 bits per heavy atom. The van der Waals surface area contributed by atoms with Crippen molar-refractivity contribution >= 4 is 17.8 Å². The molecular weight excluding hydrogens is 392 g/mol. The molecule has 0 bridgehead atoms. The van der Waals surface area contributed by atoms with Crippen molar-refractivity contribution < 1.29 is 9.59 Å². The molecule has 2 amide bonds. The van der Waals surface area contributed by atoms with Gasteiger partial charge in [0.05, 0.1) is 0 Å². The van der Waals surface area contributed by atoms with Crippen molar-refractivity contribution in [2.75, 3.05) is 46.3 Å². The number of hydrogen-bond donors (Lipinski definition) is 2. The molecule has 0 spiro atoms. The van der Waals surface area contributed by atoms with Crippen LogP contribution in [0.2, 0.25) is 0 Å². The number of aromatic nitrogens is 1. The number of hydrogen-bond acceptors (Lipinski definition) is 3. The average molecular weight is 433 g/mol. The highest BCUT2D eigenvalue weighted by atomic mass is 16.2. The summed E-state index contributed by atoms with van der Waals surface area (Å²) in [7, 11) is 1.78. The Kier molecular flexibility index (Phi) is 11.0. The van der Waals surface area contributed by atoms with E-state index >= 15 is 0 Å². The van der Waals surface area contributed by atoms with E-state index in [9.17, 15) is 9.59 Å². The van der Waals surface area contributed by atoms with E-state index in [-0.39, 0.29) is 11.8 Å². The fourth-order valence-corrected chi connectivity index (χ4v) is 3.67. The lowest BCUT2D eigenvalue weighted by atomic mass is 10.1. The zero-order chi connectivity index (χ0) is 22.5. The summed E-state index contributed by atoms with van der Waals surface area (Å²) < 4.78 is 2.13. The monoisotopic (exact) mass is 432 g/mol. The van der Waals surface area contributed by atoms with Crippen LogP contribution in [0.25, 0.3) is 0 Å². The molecule has 31 heavy (non-hydrogen) atoms. The number of unbranched alkanes of at least 4 members (excludes halogenated alkanes) is 2. The molecule has 2 N–H and O–H groups in total. The Bertz CT molecular complexity index is 678. The Labute approximate surface area is 187 Å². The van der Waals surface area contributed by atoms with E-state index in [1.54, 1.807) is 7.05 Å². The van der Waals surface area contributed by atoms with Crippen molar-refractivity contribution in [3.05, 3.63) is 24.5 Å². The molecule has 0 radical (unpaired) electrons. The van der Waals surface area contributed by atoms with Gasteiger partial charge in [-0.2, -0.15) is 0 Å². The lowest BCUT2D eigenvalue weighted by Crippen LogP contribution is -2.50. The molecule has 1 aromatic rings. The summed E-state index contributed by atoms with van der Waals surface area (Å²) in [5.41, 5.74) is 0. The highest BCUT2D eigenvalue weighted by molar-refractivity contribution is 5.79. The second-order valence-electron chi connectivity index (χ2n) is 8.52. The number of rotatable bonds is 11. The van der Waals surface area contributed by atoms with Crippen LogP contribution in [0.3, 0.4) is 0 Å².